The Hall–Kier alpha value is -2.21. The van der Waals surface area contributed by atoms with E-state index >= 15 is 0 Å². The fourth-order valence-corrected chi connectivity index (χ4v) is 5.40. The Kier molecular flexibility index (Phi) is 13.7. The Labute approximate surface area is 237 Å². The molecule has 1 unspecified atom stereocenters. The molecule has 2 amide bonds. The maximum absolute atomic E-state index is 13.9. The van der Waals surface area contributed by atoms with Gasteiger partial charge in [0.25, 0.3) is 0 Å². The number of Topliss-reactive ketones (excluding diaryl/α,β-unsaturated/α-hetero) is 1. The Morgan fingerprint density at radius 3 is 2.05 bits per heavy atom. The monoisotopic (exact) mass is 542 g/mol. The molecule has 1 aromatic rings. The van der Waals surface area contributed by atoms with Crippen LogP contribution in [-0.4, -0.2) is 41.9 Å². The van der Waals surface area contributed by atoms with Crippen molar-refractivity contribution in [3.05, 3.63) is 35.9 Å². The van der Waals surface area contributed by atoms with Crippen LogP contribution in [0.2, 0.25) is 0 Å². The van der Waals surface area contributed by atoms with E-state index in [-0.39, 0.29) is 23.5 Å². The van der Waals surface area contributed by atoms with Gasteiger partial charge in [-0.1, -0.05) is 104 Å². The van der Waals surface area contributed by atoms with E-state index in [9.17, 15) is 14.4 Å². The molecule has 0 saturated carbocycles. The van der Waals surface area contributed by atoms with Gasteiger partial charge in [0.2, 0.25) is 11.8 Å². The highest BCUT2D eigenvalue weighted by molar-refractivity contribution is 5.98. The number of amides is 2. The minimum atomic E-state index is -0.784. The molecule has 5 atom stereocenters. The molecule has 6 nitrogen and oxygen atoms in total. The number of rotatable bonds is 19. The van der Waals surface area contributed by atoms with Crippen molar-refractivity contribution in [1.29, 1.82) is 0 Å². The summed E-state index contributed by atoms with van der Waals surface area (Å²) in [6, 6.07) is 8.32. The molecule has 220 valence electrons. The molecule has 0 bridgehead atoms. The van der Waals surface area contributed by atoms with Crippen molar-refractivity contribution in [3.63, 3.8) is 0 Å². The molecule has 0 aliphatic carbocycles. The number of carbonyl (C=O) groups is 3. The number of ether oxygens (including phenoxy) is 1. The molecule has 1 aromatic carbocycles. The molecule has 1 aliphatic rings. The lowest BCUT2D eigenvalue weighted by Crippen LogP contribution is -2.55. The van der Waals surface area contributed by atoms with Crippen LogP contribution in [-0.2, 0) is 25.5 Å². The first kappa shape index (κ1) is 33.0. The number of hydrogen-bond donors (Lipinski definition) is 2. The summed E-state index contributed by atoms with van der Waals surface area (Å²) in [5.41, 5.74) is 0.177. The van der Waals surface area contributed by atoms with Gasteiger partial charge >= 0.3 is 0 Å². The van der Waals surface area contributed by atoms with Crippen LogP contribution in [0.25, 0.3) is 0 Å². The molecule has 0 radical (unpaired) electrons. The zero-order valence-electron chi connectivity index (χ0n) is 25.6. The summed E-state index contributed by atoms with van der Waals surface area (Å²) < 4.78 is 5.86. The van der Waals surface area contributed by atoms with Crippen LogP contribution in [0.3, 0.4) is 0 Å². The molecule has 2 N–H and O–H groups in total. The Morgan fingerprint density at radius 1 is 0.872 bits per heavy atom. The van der Waals surface area contributed by atoms with Crippen molar-refractivity contribution in [3.8, 4) is 0 Å². The van der Waals surface area contributed by atoms with E-state index in [1.807, 2.05) is 37.3 Å². The third-order valence-corrected chi connectivity index (χ3v) is 7.96. The lowest BCUT2D eigenvalue weighted by Gasteiger charge is -2.27. The highest BCUT2D eigenvalue weighted by Crippen LogP contribution is 2.39. The minimum Gasteiger partial charge on any atom is -0.361 e. The minimum absolute atomic E-state index is 0.00980. The van der Waals surface area contributed by atoms with E-state index in [0.717, 1.165) is 44.1 Å². The molecule has 1 fully saturated rings. The molecule has 1 aliphatic heterocycles. The second-order valence-corrected chi connectivity index (χ2v) is 12.6. The summed E-state index contributed by atoms with van der Waals surface area (Å²) in [4.78, 5) is 40.7. The van der Waals surface area contributed by atoms with Crippen LogP contribution >= 0.6 is 0 Å². The second kappa shape index (κ2) is 16.2. The predicted octanol–water partition coefficient (Wildman–Crippen LogP) is 6.26. The summed E-state index contributed by atoms with van der Waals surface area (Å²) in [5, 5.41) is 6.08. The number of benzene rings is 1. The molecule has 1 heterocycles. The van der Waals surface area contributed by atoms with Crippen LogP contribution in [0, 0.1) is 23.7 Å². The van der Waals surface area contributed by atoms with Gasteiger partial charge in [-0.15, -0.1) is 0 Å². The molecule has 0 aromatic heterocycles. The molecular weight excluding hydrogens is 488 g/mol. The highest BCUT2D eigenvalue weighted by atomic mass is 16.6. The molecule has 2 rings (SSSR count). The Morgan fingerprint density at radius 2 is 1.51 bits per heavy atom. The molecule has 6 heteroatoms. The molecule has 39 heavy (non-hydrogen) atoms. The summed E-state index contributed by atoms with van der Waals surface area (Å²) >= 11 is 0. The average molecular weight is 543 g/mol. The third-order valence-electron chi connectivity index (χ3n) is 7.96. The van der Waals surface area contributed by atoms with Gasteiger partial charge in [0, 0.05) is 12.3 Å². The van der Waals surface area contributed by atoms with Gasteiger partial charge in [0.15, 0.2) is 11.4 Å². The molecular formula is C33H54N2O4. The first-order valence-corrected chi connectivity index (χ1v) is 15.3. The number of hydrogen-bond acceptors (Lipinski definition) is 4. The lowest BCUT2D eigenvalue weighted by molar-refractivity contribution is -0.134. The zero-order chi connectivity index (χ0) is 29.0. The summed E-state index contributed by atoms with van der Waals surface area (Å²) in [5.74, 6) is 0.567. The van der Waals surface area contributed by atoms with Gasteiger partial charge in [-0.05, 0) is 49.0 Å². The van der Waals surface area contributed by atoms with E-state index in [1.54, 1.807) is 0 Å². The normalized spacial score (nSPS) is 19.8. The summed E-state index contributed by atoms with van der Waals surface area (Å²) in [7, 11) is 0. The second-order valence-electron chi connectivity index (χ2n) is 12.6. The van der Waals surface area contributed by atoms with E-state index in [4.69, 9.17) is 4.74 Å². The number of carbonyl (C=O) groups excluding carboxylic acids is 3. The largest absolute Gasteiger partial charge is 0.361 e. The maximum atomic E-state index is 13.9. The SMILES string of the molecule is CCCCC(CC)C[C@]1(C(=O)[C@H](CCC(C)C)NC(=O)[C@H](Cc2ccccc2)NC(=O)[C@@H](C)CC(C)C)CO1. The number of ketones is 1. The van der Waals surface area contributed by atoms with E-state index < -0.39 is 17.7 Å². The van der Waals surface area contributed by atoms with Gasteiger partial charge in [-0.2, -0.15) is 0 Å². The number of epoxide rings is 1. The van der Waals surface area contributed by atoms with Gasteiger partial charge < -0.3 is 15.4 Å². The summed E-state index contributed by atoms with van der Waals surface area (Å²) in [6.45, 7) is 15.1. The van der Waals surface area contributed by atoms with Crippen LogP contribution < -0.4 is 10.6 Å². The first-order chi connectivity index (χ1) is 18.5. The molecule has 0 spiro atoms. The highest BCUT2D eigenvalue weighted by Gasteiger charge is 2.54. The van der Waals surface area contributed by atoms with E-state index in [1.165, 1.54) is 0 Å². The van der Waals surface area contributed by atoms with E-state index in [2.05, 4.69) is 52.2 Å². The van der Waals surface area contributed by atoms with Crippen molar-refractivity contribution in [2.24, 2.45) is 23.7 Å². The standard InChI is InChI=1S/C33H54N2O4/c1-8-10-14-26(9-2)21-33(22-39-33)30(36)28(18-17-23(3)4)34-32(38)29(20-27-15-12-11-13-16-27)35-31(37)25(7)19-24(5)6/h11-13,15-16,23-26,28-29H,8-10,14,17-22H2,1-7H3,(H,34,38)(H,35,37)/t25-,26?,28-,29-,33+/m0/s1. The maximum Gasteiger partial charge on any atom is 0.243 e. The fourth-order valence-electron chi connectivity index (χ4n) is 5.40. The number of unbranched alkanes of at least 4 members (excludes halogenated alkanes) is 1. The van der Waals surface area contributed by atoms with Crippen molar-refractivity contribution < 1.29 is 19.1 Å². The quantitative estimate of drug-likeness (QED) is 0.202. The van der Waals surface area contributed by atoms with Crippen LogP contribution in [0.1, 0.15) is 105 Å². The van der Waals surface area contributed by atoms with Gasteiger partial charge in [0.05, 0.1) is 12.6 Å². The Bertz CT molecular complexity index is 894. The summed E-state index contributed by atoms with van der Waals surface area (Å²) in [6.07, 6.45) is 7.60. The van der Waals surface area contributed by atoms with Crippen LogP contribution in [0.4, 0.5) is 0 Å². The molecule has 1 saturated heterocycles. The van der Waals surface area contributed by atoms with Crippen molar-refractivity contribution in [2.45, 2.75) is 124 Å². The van der Waals surface area contributed by atoms with Crippen molar-refractivity contribution in [1.82, 2.24) is 10.6 Å². The van der Waals surface area contributed by atoms with Gasteiger partial charge in [-0.25, -0.2) is 0 Å². The topological polar surface area (TPSA) is 87.8 Å². The number of nitrogens with one attached hydrogen (secondary N) is 2. The smallest absolute Gasteiger partial charge is 0.243 e. The first-order valence-electron chi connectivity index (χ1n) is 15.3. The van der Waals surface area contributed by atoms with Crippen LogP contribution in [0.5, 0.6) is 0 Å². The predicted molar refractivity (Wildman–Crippen MR) is 158 cm³/mol. The van der Waals surface area contributed by atoms with Crippen molar-refractivity contribution in [2.75, 3.05) is 6.61 Å². The third kappa shape index (κ3) is 11.1. The lowest BCUT2D eigenvalue weighted by atomic mass is 9.83. The van der Waals surface area contributed by atoms with Crippen molar-refractivity contribution >= 4 is 17.6 Å². The Balaban J connectivity index is 2.22. The van der Waals surface area contributed by atoms with Crippen LogP contribution in [0.15, 0.2) is 30.3 Å². The fraction of sp³-hybridized carbons (Fsp3) is 0.727. The average Bonchev–Trinajstić information content (AvgIpc) is 3.68. The van der Waals surface area contributed by atoms with Gasteiger partial charge in [-0.3, -0.25) is 14.4 Å². The van der Waals surface area contributed by atoms with E-state index in [0.29, 0.717) is 43.6 Å². The van der Waals surface area contributed by atoms with Gasteiger partial charge in [0.1, 0.15) is 6.04 Å². The zero-order valence-corrected chi connectivity index (χ0v) is 25.6.